The molecule has 2 fully saturated rings. The van der Waals surface area contributed by atoms with Crippen LogP contribution >= 0.6 is 0 Å². The van der Waals surface area contributed by atoms with Gasteiger partial charge in [-0.05, 0) is 43.5 Å². The van der Waals surface area contributed by atoms with Crippen molar-refractivity contribution in [2.75, 3.05) is 56.2 Å². The molecule has 8 nitrogen and oxygen atoms in total. The molecular weight excluding hydrogens is 409 g/mol. The van der Waals surface area contributed by atoms with Gasteiger partial charge in [0, 0.05) is 45.5 Å². The van der Waals surface area contributed by atoms with E-state index in [2.05, 4.69) is 14.8 Å². The van der Waals surface area contributed by atoms with Crippen LogP contribution in [0, 0.1) is 5.82 Å². The lowest BCUT2D eigenvalue weighted by Crippen LogP contribution is -2.49. The Morgan fingerprint density at radius 3 is 2.37 bits per heavy atom. The third-order valence-corrected chi connectivity index (χ3v) is 7.49. The summed E-state index contributed by atoms with van der Waals surface area (Å²) < 4.78 is 46.1. The Balaban J connectivity index is 1.44. The molecule has 30 heavy (non-hydrogen) atoms. The molecule has 0 atom stereocenters. The van der Waals surface area contributed by atoms with E-state index in [1.807, 2.05) is 6.07 Å². The first kappa shape index (κ1) is 20.8. The van der Waals surface area contributed by atoms with E-state index < -0.39 is 15.8 Å². The molecule has 2 aliphatic rings. The van der Waals surface area contributed by atoms with Crippen molar-refractivity contribution < 1.29 is 17.5 Å². The van der Waals surface area contributed by atoms with Crippen LogP contribution in [0.3, 0.4) is 0 Å². The van der Waals surface area contributed by atoms with Crippen LogP contribution in [0.25, 0.3) is 0 Å². The van der Waals surface area contributed by atoms with Gasteiger partial charge in [-0.15, -0.1) is 0 Å². The van der Waals surface area contributed by atoms with Gasteiger partial charge in [0.15, 0.2) is 11.6 Å². The van der Waals surface area contributed by atoms with Gasteiger partial charge in [-0.3, -0.25) is 0 Å². The maximum absolute atomic E-state index is 14.0. The number of nitrogens with zero attached hydrogens (tertiary/aromatic N) is 5. The summed E-state index contributed by atoms with van der Waals surface area (Å²) in [7, 11) is -2.43. The molecule has 0 spiro atoms. The highest BCUT2D eigenvalue weighted by atomic mass is 32.2. The number of ether oxygens (including phenoxy) is 1. The average Bonchev–Trinajstić information content (AvgIpc) is 2.80. The second-order valence-electron chi connectivity index (χ2n) is 7.45. The van der Waals surface area contributed by atoms with Gasteiger partial charge in [-0.1, -0.05) is 0 Å². The molecule has 0 radical (unpaired) electrons. The van der Waals surface area contributed by atoms with Crippen molar-refractivity contribution in [2.45, 2.75) is 24.2 Å². The highest BCUT2D eigenvalue weighted by Crippen LogP contribution is 2.25. The van der Waals surface area contributed by atoms with Crippen LogP contribution in [-0.4, -0.2) is 69.1 Å². The second-order valence-corrected chi connectivity index (χ2v) is 9.39. The van der Waals surface area contributed by atoms with Crippen molar-refractivity contribution in [3.63, 3.8) is 0 Å². The molecule has 0 saturated carbocycles. The number of halogens is 1. The second kappa shape index (κ2) is 8.73. The van der Waals surface area contributed by atoms with E-state index in [1.54, 1.807) is 6.20 Å². The fraction of sp³-hybridized carbons (Fsp3) is 0.500. The van der Waals surface area contributed by atoms with Gasteiger partial charge in [0.1, 0.15) is 5.82 Å². The molecule has 1 aromatic heterocycles. The van der Waals surface area contributed by atoms with Gasteiger partial charge in [0.2, 0.25) is 16.0 Å². The summed E-state index contributed by atoms with van der Waals surface area (Å²) >= 11 is 0. The van der Waals surface area contributed by atoms with E-state index in [-0.39, 0.29) is 10.6 Å². The summed E-state index contributed by atoms with van der Waals surface area (Å²) in [5.41, 5.74) is 0. The molecule has 0 N–H and O–H groups in total. The van der Waals surface area contributed by atoms with Gasteiger partial charge >= 0.3 is 0 Å². The quantitative estimate of drug-likeness (QED) is 0.712. The lowest BCUT2D eigenvalue weighted by molar-refractivity contribution is 0.379. The van der Waals surface area contributed by atoms with Crippen molar-refractivity contribution in [1.29, 1.82) is 0 Å². The van der Waals surface area contributed by atoms with Crippen molar-refractivity contribution in [3.05, 3.63) is 36.3 Å². The van der Waals surface area contributed by atoms with E-state index in [4.69, 9.17) is 9.72 Å². The number of benzene rings is 1. The molecule has 0 bridgehead atoms. The maximum atomic E-state index is 14.0. The fourth-order valence-corrected chi connectivity index (χ4v) is 5.31. The SMILES string of the molecule is COc1ccc(S(=O)(=O)N2CCN(c3ccnc(N4CCCCC4)n3)CC2)cc1F. The molecule has 2 aliphatic heterocycles. The molecule has 2 saturated heterocycles. The fourth-order valence-electron chi connectivity index (χ4n) is 3.88. The minimum Gasteiger partial charge on any atom is -0.494 e. The normalized spacial score (nSPS) is 18.5. The van der Waals surface area contributed by atoms with Crippen LogP contribution in [0.5, 0.6) is 5.75 Å². The molecule has 0 unspecified atom stereocenters. The number of piperazine rings is 1. The monoisotopic (exact) mass is 435 g/mol. The minimum absolute atomic E-state index is 0.0204. The number of sulfonamides is 1. The molecule has 4 rings (SSSR count). The Morgan fingerprint density at radius 1 is 0.967 bits per heavy atom. The van der Waals surface area contributed by atoms with E-state index in [1.165, 1.54) is 30.0 Å². The highest BCUT2D eigenvalue weighted by Gasteiger charge is 2.30. The topological polar surface area (TPSA) is 78.9 Å². The van der Waals surface area contributed by atoms with Crippen LogP contribution in [0.2, 0.25) is 0 Å². The van der Waals surface area contributed by atoms with Gasteiger partial charge in [-0.2, -0.15) is 9.29 Å². The number of hydrogen-bond donors (Lipinski definition) is 0. The van der Waals surface area contributed by atoms with Gasteiger partial charge in [-0.25, -0.2) is 17.8 Å². The number of rotatable bonds is 5. The molecule has 1 aromatic carbocycles. The summed E-state index contributed by atoms with van der Waals surface area (Å²) in [5, 5.41) is 0. The molecule has 3 heterocycles. The van der Waals surface area contributed by atoms with E-state index in [9.17, 15) is 12.8 Å². The third kappa shape index (κ3) is 4.20. The van der Waals surface area contributed by atoms with Crippen molar-refractivity contribution in [3.8, 4) is 5.75 Å². The maximum Gasteiger partial charge on any atom is 0.243 e. The predicted octanol–water partition coefficient (Wildman–Crippen LogP) is 2.13. The molecule has 2 aromatic rings. The van der Waals surface area contributed by atoms with Crippen molar-refractivity contribution in [2.24, 2.45) is 0 Å². The highest BCUT2D eigenvalue weighted by molar-refractivity contribution is 7.89. The zero-order valence-electron chi connectivity index (χ0n) is 17.0. The Bertz CT molecular complexity index is 990. The average molecular weight is 436 g/mol. The van der Waals surface area contributed by atoms with Crippen LogP contribution in [0.1, 0.15) is 19.3 Å². The van der Waals surface area contributed by atoms with Crippen molar-refractivity contribution >= 4 is 21.8 Å². The first-order valence-corrected chi connectivity index (χ1v) is 11.6. The lowest BCUT2D eigenvalue weighted by Gasteiger charge is -2.35. The number of anilines is 2. The molecule has 10 heteroatoms. The van der Waals surface area contributed by atoms with Crippen LogP contribution in [0.4, 0.5) is 16.2 Å². The van der Waals surface area contributed by atoms with Crippen molar-refractivity contribution in [1.82, 2.24) is 14.3 Å². The lowest BCUT2D eigenvalue weighted by atomic mass is 10.1. The van der Waals surface area contributed by atoms with Gasteiger partial charge < -0.3 is 14.5 Å². The summed E-state index contributed by atoms with van der Waals surface area (Å²) in [4.78, 5) is 13.3. The zero-order chi connectivity index (χ0) is 21.1. The number of methoxy groups -OCH3 is 1. The zero-order valence-corrected chi connectivity index (χ0v) is 17.8. The number of hydrogen-bond acceptors (Lipinski definition) is 7. The summed E-state index contributed by atoms with van der Waals surface area (Å²) in [6, 6.07) is 5.58. The summed E-state index contributed by atoms with van der Waals surface area (Å²) in [6.45, 7) is 3.56. The molecular formula is C20H26FN5O3S. The molecule has 0 aliphatic carbocycles. The Hall–Kier alpha value is -2.46. The van der Waals surface area contributed by atoms with Gasteiger partial charge in [0.25, 0.3) is 0 Å². The van der Waals surface area contributed by atoms with Crippen LogP contribution in [0.15, 0.2) is 35.4 Å². The summed E-state index contributed by atoms with van der Waals surface area (Å²) in [5.74, 6) is 0.865. The Kier molecular flexibility index (Phi) is 6.05. The van der Waals surface area contributed by atoms with Crippen LogP contribution < -0.4 is 14.5 Å². The largest absolute Gasteiger partial charge is 0.494 e. The summed E-state index contributed by atoms with van der Waals surface area (Å²) in [6.07, 6.45) is 5.30. The standard InChI is InChI=1S/C20H26FN5O3S/c1-29-18-6-5-16(15-17(18)21)30(27,28)26-13-11-24(12-14-26)19-7-8-22-20(23-19)25-9-3-2-4-10-25/h5-8,15H,2-4,9-14H2,1H3. The van der Waals surface area contributed by atoms with E-state index in [0.29, 0.717) is 26.2 Å². The number of piperidine rings is 1. The predicted molar refractivity (Wildman–Crippen MR) is 112 cm³/mol. The Morgan fingerprint density at radius 2 is 1.70 bits per heavy atom. The first-order valence-electron chi connectivity index (χ1n) is 10.2. The van der Waals surface area contributed by atoms with Gasteiger partial charge in [0.05, 0.1) is 12.0 Å². The first-order chi connectivity index (χ1) is 14.5. The van der Waals surface area contributed by atoms with E-state index in [0.717, 1.165) is 43.8 Å². The Labute approximate surface area is 176 Å². The third-order valence-electron chi connectivity index (χ3n) is 5.59. The number of aromatic nitrogens is 2. The smallest absolute Gasteiger partial charge is 0.243 e. The van der Waals surface area contributed by atoms with E-state index >= 15 is 0 Å². The van der Waals surface area contributed by atoms with Crippen LogP contribution in [-0.2, 0) is 10.0 Å². The minimum atomic E-state index is -3.77. The molecule has 0 amide bonds. The molecule has 162 valence electrons.